The van der Waals surface area contributed by atoms with Crippen LogP contribution in [0.1, 0.15) is 30.5 Å². The second-order valence-electron chi connectivity index (χ2n) is 8.63. The van der Waals surface area contributed by atoms with Crippen LogP contribution in [0.3, 0.4) is 0 Å². The summed E-state index contributed by atoms with van der Waals surface area (Å²) in [7, 11) is 0. The van der Waals surface area contributed by atoms with Crippen molar-refractivity contribution < 1.29 is 4.74 Å². The average molecular weight is 406 g/mol. The first kappa shape index (κ1) is 19.5. The molecule has 2 aliphatic heterocycles. The van der Waals surface area contributed by atoms with Crippen molar-refractivity contribution >= 4 is 11.3 Å². The van der Waals surface area contributed by atoms with Gasteiger partial charge in [0.25, 0.3) is 0 Å². The fraction of sp³-hybridized carbons (Fsp3) is 0.500. The van der Waals surface area contributed by atoms with E-state index in [1.807, 2.05) is 23.0 Å². The van der Waals surface area contributed by atoms with Gasteiger partial charge >= 0.3 is 0 Å². The summed E-state index contributed by atoms with van der Waals surface area (Å²) in [6.07, 6.45) is 12.7. The smallest absolute Gasteiger partial charge is 0.155 e. The molecule has 2 aliphatic rings. The molecule has 6 heteroatoms. The number of imidazole rings is 1. The number of ether oxygens (including phenoxy) is 1. The molecule has 2 saturated heterocycles. The van der Waals surface area contributed by atoms with Crippen molar-refractivity contribution in [3.05, 3.63) is 60.3 Å². The van der Waals surface area contributed by atoms with Crippen LogP contribution in [0.4, 0.5) is 5.69 Å². The number of hydrogen-bond donors (Lipinski definition) is 0. The van der Waals surface area contributed by atoms with E-state index in [9.17, 15) is 0 Å². The highest BCUT2D eigenvalue weighted by molar-refractivity contribution is 5.53. The Morgan fingerprint density at radius 3 is 2.87 bits per heavy atom. The van der Waals surface area contributed by atoms with Crippen molar-refractivity contribution in [3.8, 4) is 0 Å². The number of hydrogen-bond acceptors (Lipinski definition) is 5. The van der Waals surface area contributed by atoms with Gasteiger partial charge in [0, 0.05) is 62.9 Å². The molecule has 0 radical (unpaired) electrons. The fourth-order valence-electron chi connectivity index (χ4n) is 4.82. The first-order valence-electron chi connectivity index (χ1n) is 11.3. The van der Waals surface area contributed by atoms with Crippen molar-refractivity contribution in [2.24, 2.45) is 5.92 Å². The van der Waals surface area contributed by atoms with Gasteiger partial charge in [-0.15, -0.1) is 0 Å². The largest absolute Gasteiger partial charge is 0.380 e. The zero-order valence-corrected chi connectivity index (χ0v) is 17.6. The van der Waals surface area contributed by atoms with Gasteiger partial charge in [-0.3, -0.25) is 9.88 Å². The minimum atomic E-state index is 0.447. The Balaban J connectivity index is 1.28. The van der Waals surface area contributed by atoms with E-state index in [2.05, 4.69) is 50.2 Å². The third-order valence-electron chi connectivity index (χ3n) is 6.33. The molecular weight excluding hydrogens is 374 g/mol. The van der Waals surface area contributed by atoms with Crippen LogP contribution >= 0.6 is 0 Å². The summed E-state index contributed by atoms with van der Waals surface area (Å²) in [5, 5.41) is 0. The number of nitrogens with zero attached hydrogens (tertiary/aromatic N) is 5. The first-order valence-corrected chi connectivity index (χ1v) is 11.3. The van der Waals surface area contributed by atoms with Crippen LogP contribution in [-0.4, -0.2) is 58.7 Å². The Kier molecular flexibility index (Phi) is 5.95. The van der Waals surface area contributed by atoms with Crippen LogP contribution in [0.2, 0.25) is 0 Å². The van der Waals surface area contributed by atoms with Gasteiger partial charge in [-0.1, -0.05) is 18.2 Å². The van der Waals surface area contributed by atoms with Crippen LogP contribution in [-0.2, 0) is 17.7 Å². The number of fused-ring (bicyclic) bond motifs is 1. The summed E-state index contributed by atoms with van der Waals surface area (Å²) in [6.45, 7) is 6.98. The summed E-state index contributed by atoms with van der Waals surface area (Å²) < 4.78 is 8.02. The van der Waals surface area contributed by atoms with Gasteiger partial charge in [0.05, 0.1) is 25.1 Å². The lowest BCUT2D eigenvalue weighted by Gasteiger charge is -2.32. The molecule has 1 atom stereocenters. The molecule has 1 aromatic carbocycles. The van der Waals surface area contributed by atoms with E-state index in [1.54, 1.807) is 0 Å². The molecule has 0 N–H and O–H groups in total. The highest BCUT2D eigenvalue weighted by Gasteiger charge is 2.22. The zero-order chi connectivity index (χ0) is 20.2. The van der Waals surface area contributed by atoms with E-state index >= 15 is 0 Å². The predicted octanol–water partition coefficient (Wildman–Crippen LogP) is 3.41. The maximum Gasteiger partial charge on any atom is 0.155 e. The van der Waals surface area contributed by atoms with E-state index in [-0.39, 0.29) is 0 Å². The molecule has 3 aromatic rings. The second kappa shape index (κ2) is 9.14. The third kappa shape index (κ3) is 4.50. The van der Waals surface area contributed by atoms with Crippen molar-refractivity contribution in [2.45, 2.75) is 32.2 Å². The number of benzene rings is 1. The monoisotopic (exact) mass is 405 g/mol. The van der Waals surface area contributed by atoms with E-state index < -0.39 is 0 Å². The number of rotatable bonds is 5. The Labute approximate surface area is 178 Å². The minimum Gasteiger partial charge on any atom is -0.380 e. The predicted molar refractivity (Wildman–Crippen MR) is 119 cm³/mol. The normalized spacial score (nSPS) is 21.1. The van der Waals surface area contributed by atoms with Gasteiger partial charge in [-0.05, 0) is 37.3 Å². The zero-order valence-electron chi connectivity index (χ0n) is 17.6. The van der Waals surface area contributed by atoms with Crippen molar-refractivity contribution in [1.29, 1.82) is 0 Å². The molecule has 4 heterocycles. The number of para-hydroxylation sites is 1. The SMILES string of the molecule is c1ccc(N2CCCCC2)c(CN2CCOC[C@@H](Cc3cn4ccnc4cn3)C2)c1. The highest BCUT2D eigenvalue weighted by atomic mass is 16.5. The lowest BCUT2D eigenvalue weighted by atomic mass is 10.0. The molecule has 158 valence electrons. The van der Waals surface area contributed by atoms with Crippen LogP contribution in [0.5, 0.6) is 0 Å². The van der Waals surface area contributed by atoms with Gasteiger partial charge in [0.1, 0.15) is 0 Å². The van der Waals surface area contributed by atoms with Crippen LogP contribution < -0.4 is 4.90 Å². The van der Waals surface area contributed by atoms with Gasteiger partial charge in [0.2, 0.25) is 0 Å². The van der Waals surface area contributed by atoms with Gasteiger partial charge < -0.3 is 14.0 Å². The lowest BCUT2D eigenvalue weighted by molar-refractivity contribution is 0.121. The standard InChI is InChI=1S/C24H31N5O/c1-4-9-28(10-5-1)23-7-3-2-6-21(23)17-27-12-13-30-19-20(16-27)14-22-18-29-11-8-25-24(29)15-26-22/h2-3,6-8,11,15,18,20H,1,4-5,9-10,12-14,16-17,19H2/t20-/m0/s1. The van der Waals surface area contributed by atoms with Crippen LogP contribution in [0, 0.1) is 5.92 Å². The summed E-state index contributed by atoms with van der Waals surface area (Å²) in [6, 6.07) is 8.97. The van der Waals surface area contributed by atoms with Gasteiger partial charge in [0.15, 0.2) is 5.65 Å². The van der Waals surface area contributed by atoms with E-state index in [4.69, 9.17) is 4.74 Å². The van der Waals surface area contributed by atoms with Crippen molar-refractivity contribution in [3.63, 3.8) is 0 Å². The topological polar surface area (TPSA) is 45.9 Å². The molecular formula is C24H31N5O. The molecule has 5 rings (SSSR count). The maximum absolute atomic E-state index is 5.97. The molecule has 30 heavy (non-hydrogen) atoms. The van der Waals surface area contributed by atoms with Crippen molar-refractivity contribution in [2.75, 3.05) is 44.3 Å². The summed E-state index contributed by atoms with van der Waals surface area (Å²) in [4.78, 5) is 14.1. The first-order chi connectivity index (χ1) is 14.8. The highest BCUT2D eigenvalue weighted by Crippen LogP contribution is 2.26. The molecule has 0 unspecified atom stereocenters. The van der Waals surface area contributed by atoms with E-state index in [0.29, 0.717) is 5.92 Å². The number of aromatic nitrogens is 3. The molecule has 2 fully saturated rings. The number of anilines is 1. The molecule has 0 aliphatic carbocycles. The Bertz CT molecular complexity index is 965. The third-order valence-corrected chi connectivity index (χ3v) is 6.33. The fourth-order valence-corrected chi connectivity index (χ4v) is 4.82. The van der Waals surface area contributed by atoms with E-state index in [0.717, 1.165) is 50.6 Å². The maximum atomic E-state index is 5.97. The molecule has 0 saturated carbocycles. The lowest BCUT2D eigenvalue weighted by Crippen LogP contribution is -2.33. The van der Waals surface area contributed by atoms with Crippen molar-refractivity contribution in [1.82, 2.24) is 19.3 Å². The summed E-state index contributed by atoms with van der Waals surface area (Å²) in [5.74, 6) is 0.447. The minimum absolute atomic E-state index is 0.447. The summed E-state index contributed by atoms with van der Waals surface area (Å²) >= 11 is 0. The Morgan fingerprint density at radius 1 is 1.03 bits per heavy atom. The van der Waals surface area contributed by atoms with Crippen LogP contribution in [0.25, 0.3) is 5.65 Å². The second-order valence-corrected chi connectivity index (χ2v) is 8.63. The average Bonchev–Trinajstić information content (AvgIpc) is 3.14. The summed E-state index contributed by atoms with van der Waals surface area (Å²) in [5.41, 5.74) is 4.86. The molecule has 6 nitrogen and oxygen atoms in total. The van der Waals surface area contributed by atoms with Crippen LogP contribution in [0.15, 0.2) is 49.1 Å². The Morgan fingerprint density at radius 2 is 1.93 bits per heavy atom. The van der Waals surface area contributed by atoms with Gasteiger partial charge in [-0.25, -0.2) is 4.98 Å². The molecule has 2 aromatic heterocycles. The number of piperidine rings is 1. The molecule has 0 amide bonds. The van der Waals surface area contributed by atoms with Gasteiger partial charge in [-0.2, -0.15) is 0 Å². The Hall–Kier alpha value is -2.44. The molecule has 0 spiro atoms. The molecule has 0 bridgehead atoms. The quantitative estimate of drug-likeness (QED) is 0.651. The van der Waals surface area contributed by atoms with E-state index in [1.165, 1.54) is 43.6 Å².